The van der Waals surface area contributed by atoms with Crippen LogP contribution >= 0.6 is 0 Å². The van der Waals surface area contributed by atoms with Crippen LogP contribution in [0.3, 0.4) is 0 Å². The van der Waals surface area contributed by atoms with E-state index in [1.165, 1.54) is 48.7 Å². The number of benzene rings is 8. The highest BCUT2D eigenvalue weighted by Gasteiger charge is 2.19. The molecule has 0 N–H and O–H groups in total. The maximum absolute atomic E-state index is 5.40. The molecule has 10 rings (SSSR count). The first-order valence-corrected chi connectivity index (χ1v) is 16.0. The summed E-state index contributed by atoms with van der Waals surface area (Å²) in [6.45, 7) is 0. The van der Waals surface area contributed by atoms with E-state index in [1.807, 2.05) is 0 Å². The predicted molar refractivity (Wildman–Crippen MR) is 197 cm³/mol. The molecule has 2 heterocycles. The maximum atomic E-state index is 5.40. The number of aromatic nitrogens is 3. The highest BCUT2D eigenvalue weighted by molar-refractivity contribution is 6.14. The quantitative estimate of drug-likeness (QED) is 0.203. The second kappa shape index (κ2) is 10.1. The third kappa shape index (κ3) is 4.14. The third-order valence-corrected chi connectivity index (χ3v) is 9.52. The van der Waals surface area contributed by atoms with Gasteiger partial charge in [-0.2, -0.15) is 0 Å². The van der Waals surface area contributed by atoms with E-state index in [1.54, 1.807) is 0 Å². The zero-order valence-corrected chi connectivity index (χ0v) is 25.4. The van der Waals surface area contributed by atoms with Crippen LogP contribution < -0.4 is 0 Å². The number of hydrogen-bond donors (Lipinski definition) is 0. The molecule has 0 saturated heterocycles. The molecule has 0 radical (unpaired) electrons. The van der Waals surface area contributed by atoms with E-state index in [9.17, 15) is 0 Å². The van der Waals surface area contributed by atoms with Crippen molar-refractivity contribution in [2.24, 2.45) is 0 Å². The van der Waals surface area contributed by atoms with Crippen molar-refractivity contribution in [3.05, 3.63) is 164 Å². The average molecular weight is 598 g/mol. The van der Waals surface area contributed by atoms with Crippen LogP contribution in [0.1, 0.15) is 0 Å². The Hall–Kier alpha value is -6.32. The van der Waals surface area contributed by atoms with Gasteiger partial charge in [0.05, 0.1) is 16.6 Å². The number of hydrogen-bond acceptors (Lipinski definition) is 2. The Labute approximate surface area is 271 Å². The Morgan fingerprint density at radius 1 is 0.340 bits per heavy atom. The fourth-order valence-corrected chi connectivity index (χ4v) is 7.17. The Balaban J connectivity index is 1.29. The predicted octanol–water partition coefficient (Wildman–Crippen LogP) is 11.5. The average Bonchev–Trinajstić information content (AvgIpc) is 3.45. The van der Waals surface area contributed by atoms with Gasteiger partial charge in [0.1, 0.15) is 5.82 Å². The zero-order valence-electron chi connectivity index (χ0n) is 25.4. The molecule has 0 spiro atoms. The van der Waals surface area contributed by atoms with Crippen LogP contribution in [0.2, 0.25) is 0 Å². The molecular weight excluding hydrogens is 571 g/mol. The van der Waals surface area contributed by atoms with Crippen molar-refractivity contribution in [1.82, 2.24) is 14.5 Å². The van der Waals surface area contributed by atoms with E-state index in [-0.39, 0.29) is 0 Å². The number of rotatable bonds is 3. The fourth-order valence-electron chi connectivity index (χ4n) is 7.17. The SMILES string of the molecule is c1ccc2cc(-c3ccc4c(-n5c6ccccc6c6cc7ccccc7cc65)nc(-c5ccc6ccccc6c5)nc4c3)ccc2c1. The number of nitrogens with zero attached hydrogens (tertiary/aromatic N) is 3. The van der Waals surface area contributed by atoms with Crippen LogP contribution in [-0.2, 0) is 0 Å². The van der Waals surface area contributed by atoms with Crippen molar-refractivity contribution in [3.8, 4) is 28.3 Å². The highest BCUT2D eigenvalue weighted by atomic mass is 15.1. The molecule has 0 amide bonds. The van der Waals surface area contributed by atoms with E-state index in [0.717, 1.165) is 38.9 Å². The van der Waals surface area contributed by atoms with Gasteiger partial charge in [-0.1, -0.05) is 121 Å². The maximum Gasteiger partial charge on any atom is 0.162 e. The van der Waals surface area contributed by atoms with Gasteiger partial charge in [-0.15, -0.1) is 0 Å². The van der Waals surface area contributed by atoms with Gasteiger partial charge in [0.15, 0.2) is 5.82 Å². The summed E-state index contributed by atoms with van der Waals surface area (Å²) in [5, 5.41) is 10.7. The van der Waals surface area contributed by atoms with Crippen molar-refractivity contribution in [3.63, 3.8) is 0 Å². The molecule has 8 aromatic carbocycles. The van der Waals surface area contributed by atoms with Gasteiger partial charge in [-0.3, -0.25) is 4.57 Å². The molecule has 47 heavy (non-hydrogen) atoms. The first-order chi connectivity index (χ1) is 23.3. The standard InChI is InChI=1S/C44H27N3/c1-3-11-30-23-34(19-17-28(30)9-1)35-21-22-38-40(26-35)45-43(36-20-18-29-10-2-4-12-31(29)24-36)46-44(38)47-41-16-8-7-15-37(41)39-25-32-13-5-6-14-33(32)27-42(39)47/h1-27H. The summed E-state index contributed by atoms with van der Waals surface area (Å²) < 4.78 is 2.33. The van der Waals surface area contributed by atoms with Crippen LogP contribution in [0.15, 0.2) is 164 Å². The van der Waals surface area contributed by atoms with Crippen LogP contribution in [0, 0.1) is 0 Å². The van der Waals surface area contributed by atoms with Crippen molar-refractivity contribution in [1.29, 1.82) is 0 Å². The summed E-state index contributed by atoms with van der Waals surface area (Å²) in [6.07, 6.45) is 0. The van der Waals surface area contributed by atoms with E-state index in [2.05, 4.69) is 168 Å². The van der Waals surface area contributed by atoms with Crippen molar-refractivity contribution in [2.45, 2.75) is 0 Å². The normalized spacial score (nSPS) is 11.8. The van der Waals surface area contributed by atoms with Gasteiger partial charge < -0.3 is 0 Å². The summed E-state index contributed by atoms with van der Waals surface area (Å²) in [5.41, 5.74) is 6.46. The van der Waals surface area contributed by atoms with Gasteiger partial charge >= 0.3 is 0 Å². The lowest BCUT2D eigenvalue weighted by Gasteiger charge is -2.14. The van der Waals surface area contributed by atoms with E-state index in [0.29, 0.717) is 5.82 Å². The largest absolute Gasteiger partial charge is 0.293 e. The fraction of sp³-hybridized carbons (Fsp3) is 0. The molecule has 218 valence electrons. The Bertz CT molecular complexity index is 2860. The van der Waals surface area contributed by atoms with Gasteiger partial charge in [0.2, 0.25) is 0 Å². The second-order valence-corrected chi connectivity index (χ2v) is 12.3. The molecule has 0 saturated carbocycles. The Morgan fingerprint density at radius 2 is 0.894 bits per heavy atom. The van der Waals surface area contributed by atoms with Crippen molar-refractivity contribution in [2.75, 3.05) is 0 Å². The molecule has 3 nitrogen and oxygen atoms in total. The molecule has 0 aliphatic carbocycles. The second-order valence-electron chi connectivity index (χ2n) is 12.3. The summed E-state index contributed by atoms with van der Waals surface area (Å²) in [4.78, 5) is 10.7. The molecule has 2 aromatic heterocycles. The van der Waals surface area contributed by atoms with Crippen LogP contribution in [0.25, 0.3) is 93.4 Å². The minimum atomic E-state index is 0.709. The molecular formula is C44H27N3. The summed E-state index contributed by atoms with van der Waals surface area (Å²) in [6, 6.07) is 58.6. The lowest BCUT2D eigenvalue weighted by atomic mass is 10.00. The minimum absolute atomic E-state index is 0.709. The van der Waals surface area contributed by atoms with Gasteiger partial charge in [0.25, 0.3) is 0 Å². The molecule has 0 fully saturated rings. The first kappa shape index (κ1) is 26.0. The van der Waals surface area contributed by atoms with Crippen LogP contribution in [0.4, 0.5) is 0 Å². The smallest absolute Gasteiger partial charge is 0.162 e. The van der Waals surface area contributed by atoms with Gasteiger partial charge in [-0.05, 0) is 85.9 Å². The van der Waals surface area contributed by atoms with E-state index >= 15 is 0 Å². The molecule has 0 bridgehead atoms. The molecule has 0 unspecified atom stereocenters. The van der Waals surface area contributed by atoms with Crippen LogP contribution in [-0.4, -0.2) is 14.5 Å². The molecule has 0 atom stereocenters. The van der Waals surface area contributed by atoms with Crippen molar-refractivity contribution < 1.29 is 0 Å². The lowest BCUT2D eigenvalue weighted by molar-refractivity contribution is 1.08. The number of fused-ring (bicyclic) bond motifs is 7. The summed E-state index contributed by atoms with van der Waals surface area (Å²) in [5.74, 6) is 1.59. The topological polar surface area (TPSA) is 30.7 Å². The van der Waals surface area contributed by atoms with Crippen molar-refractivity contribution >= 4 is 65.0 Å². The summed E-state index contributed by atoms with van der Waals surface area (Å²) in [7, 11) is 0. The molecule has 0 aliphatic rings. The number of para-hydroxylation sites is 1. The molecule has 3 heteroatoms. The van der Waals surface area contributed by atoms with Crippen LogP contribution in [0.5, 0.6) is 0 Å². The molecule has 10 aromatic rings. The van der Waals surface area contributed by atoms with E-state index < -0.39 is 0 Å². The lowest BCUT2D eigenvalue weighted by Crippen LogP contribution is -2.03. The zero-order chi connectivity index (χ0) is 30.9. The van der Waals surface area contributed by atoms with Gasteiger partial charge in [0, 0.05) is 21.7 Å². The monoisotopic (exact) mass is 597 g/mol. The minimum Gasteiger partial charge on any atom is -0.293 e. The Kier molecular flexibility index (Phi) is 5.57. The third-order valence-electron chi connectivity index (χ3n) is 9.52. The summed E-state index contributed by atoms with van der Waals surface area (Å²) >= 11 is 0. The van der Waals surface area contributed by atoms with Gasteiger partial charge in [-0.25, -0.2) is 9.97 Å². The molecule has 0 aliphatic heterocycles. The first-order valence-electron chi connectivity index (χ1n) is 16.0. The highest BCUT2D eigenvalue weighted by Crippen LogP contribution is 2.38. The van der Waals surface area contributed by atoms with E-state index in [4.69, 9.17) is 9.97 Å². The Morgan fingerprint density at radius 3 is 1.64 bits per heavy atom.